The van der Waals surface area contributed by atoms with E-state index in [0.29, 0.717) is 31.3 Å². The molecule has 0 N–H and O–H groups in total. The summed E-state index contributed by atoms with van der Waals surface area (Å²) in [5, 5.41) is 0. The summed E-state index contributed by atoms with van der Waals surface area (Å²) in [5.74, 6) is 0.328. The van der Waals surface area contributed by atoms with Crippen LogP contribution in [0.4, 0.5) is 5.95 Å². The second-order valence-corrected chi connectivity index (χ2v) is 4.60. The Morgan fingerprint density at radius 3 is 2.80 bits per heavy atom. The highest BCUT2D eigenvalue weighted by molar-refractivity contribution is 5.90. The molecule has 2 heterocycles. The van der Waals surface area contributed by atoms with Crippen molar-refractivity contribution >= 4 is 11.9 Å². The van der Waals surface area contributed by atoms with E-state index in [9.17, 15) is 4.79 Å². The fourth-order valence-corrected chi connectivity index (χ4v) is 2.13. The minimum absolute atomic E-state index is 0.343. The van der Waals surface area contributed by atoms with Crippen LogP contribution in [-0.4, -0.2) is 48.8 Å². The van der Waals surface area contributed by atoms with Crippen LogP contribution in [0.5, 0.6) is 0 Å². The number of hydrogen-bond donors (Lipinski definition) is 0. The maximum Gasteiger partial charge on any atom is 0.341 e. The number of aromatic nitrogens is 2. The van der Waals surface area contributed by atoms with Crippen molar-refractivity contribution in [2.24, 2.45) is 0 Å². The first kappa shape index (κ1) is 14.7. The third kappa shape index (κ3) is 3.45. The molecule has 6 nitrogen and oxygen atoms in total. The molecule has 20 heavy (non-hydrogen) atoms. The molecular formula is C14H21N3O3. The van der Waals surface area contributed by atoms with Crippen LogP contribution in [0.15, 0.2) is 6.20 Å². The molecule has 0 amide bonds. The largest absolute Gasteiger partial charge is 0.462 e. The highest BCUT2D eigenvalue weighted by atomic mass is 16.5. The van der Waals surface area contributed by atoms with Gasteiger partial charge in [-0.15, -0.1) is 0 Å². The molecular weight excluding hydrogens is 258 g/mol. The molecule has 110 valence electrons. The minimum Gasteiger partial charge on any atom is -0.462 e. The second kappa shape index (κ2) is 7.19. The number of esters is 1. The summed E-state index contributed by atoms with van der Waals surface area (Å²) in [5.41, 5.74) is 1.24. The van der Waals surface area contributed by atoms with E-state index in [0.717, 1.165) is 31.6 Å². The minimum atomic E-state index is -0.343. The first-order valence-electron chi connectivity index (χ1n) is 7.12. The number of rotatable bonds is 5. The maximum atomic E-state index is 11.9. The van der Waals surface area contributed by atoms with Crippen LogP contribution in [-0.2, 0) is 15.9 Å². The number of anilines is 1. The molecule has 1 fully saturated rings. The molecule has 0 bridgehead atoms. The molecule has 0 atom stereocenters. The molecule has 0 saturated carbocycles. The van der Waals surface area contributed by atoms with Gasteiger partial charge in [0.1, 0.15) is 0 Å². The lowest BCUT2D eigenvalue weighted by Gasteiger charge is -2.27. The lowest BCUT2D eigenvalue weighted by molar-refractivity contribution is 0.0524. The van der Waals surface area contributed by atoms with Crippen molar-refractivity contribution in [2.75, 3.05) is 37.8 Å². The Hall–Kier alpha value is -1.69. The number of hydrogen-bond acceptors (Lipinski definition) is 6. The molecule has 2 rings (SSSR count). The third-order valence-corrected chi connectivity index (χ3v) is 3.13. The van der Waals surface area contributed by atoms with Crippen LogP contribution in [0.1, 0.15) is 36.3 Å². The van der Waals surface area contributed by atoms with E-state index in [1.807, 2.05) is 0 Å². The van der Waals surface area contributed by atoms with Crippen LogP contribution in [0.3, 0.4) is 0 Å². The summed E-state index contributed by atoms with van der Waals surface area (Å²) < 4.78 is 10.4. The Labute approximate surface area is 119 Å². The highest BCUT2D eigenvalue weighted by Crippen LogP contribution is 2.15. The Kier molecular flexibility index (Phi) is 5.29. The normalized spacial score (nSPS) is 15.2. The van der Waals surface area contributed by atoms with Crippen LogP contribution in [0, 0.1) is 0 Å². The van der Waals surface area contributed by atoms with Crippen molar-refractivity contribution in [3.63, 3.8) is 0 Å². The van der Waals surface area contributed by atoms with E-state index in [2.05, 4.69) is 21.8 Å². The van der Waals surface area contributed by atoms with E-state index < -0.39 is 0 Å². The molecule has 1 aromatic rings. The van der Waals surface area contributed by atoms with Gasteiger partial charge in [0.05, 0.1) is 31.1 Å². The quantitative estimate of drug-likeness (QED) is 0.760. The fourth-order valence-electron chi connectivity index (χ4n) is 2.13. The standard InChI is InChI=1S/C14H21N3O3/c1-3-5-12-11(13(18)20-4-2)10-15-14(16-12)17-6-8-19-9-7-17/h10H,3-9H2,1-2H3. The van der Waals surface area contributed by atoms with Crippen molar-refractivity contribution in [1.82, 2.24) is 9.97 Å². The summed E-state index contributed by atoms with van der Waals surface area (Å²) in [4.78, 5) is 22.8. The Bertz CT molecular complexity index is 459. The van der Waals surface area contributed by atoms with E-state index in [4.69, 9.17) is 9.47 Å². The average molecular weight is 279 g/mol. The highest BCUT2D eigenvalue weighted by Gasteiger charge is 2.19. The maximum absolute atomic E-state index is 11.9. The molecule has 0 aromatic carbocycles. The van der Waals surface area contributed by atoms with Gasteiger partial charge in [-0.2, -0.15) is 0 Å². The molecule has 0 aliphatic carbocycles. The number of aryl methyl sites for hydroxylation is 1. The predicted octanol–water partition coefficient (Wildman–Crippen LogP) is 1.44. The summed E-state index contributed by atoms with van der Waals surface area (Å²) in [6, 6.07) is 0. The van der Waals surface area contributed by atoms with Gasteiger partial charge in [0.2, 0.25) is 5.95 Å². The van der Waals surface area contributed by atoms with Crippen LogP contribution >= 0.6 is 0 Å². The second-order valence-electron chi connectivity index (χ2n) is 4.60. The monoisotopic (exact) mass is 279 g/mol. The van der Waals surface area contributed by atoms with Crippen LogP contribution < -0.4 is 4.90 Å². The number of morpholine rings is 1. The van der Waals surface area contributed by atoms with Crippen molar-refractivity contribution in [3.05, 3.63) is 17.5 Å². The van der Waals surface area contributed by atoms with E-state index >= 15 is 0 Å². The molecule has 0 spiro atoms. The first-order chi connectivity index (χ1) is 9.76. The van der Waals surface area contributed by atoms with E-state index in [-0.39, 0.29) is 5.97 Å². The number of nitrogens with zero attached hydrogens (tertiary/aromatic N) is 3. The Balaban J connectivity index is 2.23. The number of ether oxygens (including phenoxy) is 2. The van der Waals surface area contributed by atoms with Gasteiger partial charge in [0.15, 0.2) is 0 Å². The molecule has 1 aliphatic rings. The first-order valence-corrected chi connectivity index (χ1v) is 7.12. The van der Waals surface area contributed by atoms with Gasteiger partial charge in [-0.25, -0.2) is 14.8 Å². The molecule has 1 aromatic heterocycles. The third-order valence-electron chi connectivity index (χ3n) is 3.13. The zero-order valence-corrected chi connectivity index (χ0v) is 12.1. The zero-order chi connectivity index (χ0) is 14.4. The van der Waals surface area contributed by atoms with Crippen molar-refractivity contribution in [1.29, 1.82) is 0 Å². The molecule has 1 aliphatic heterocycles. The summed E-state index contributed by atoms with van der Waals surface area (Å²) in [7, 11) is 0. The lowest BCUT2D eigenvalue weighted by Crippen LogP contribution is -2.37. The van der Waals surface area contributed by atoms with Gasteiger partial charge in [-0.3, -0.25) is 0 Å². The molecule has 0 unspecified atom stereocenters. The van der Waals surface area contributed by atoms with Gasteiger partial charge < -0.3 is 14.4 Å². The molecule has 0 radical (unpaired) electrons. The van der Waals surface area contributed by atoms with Crippen molar-refractivity contribution in [3.8, 4) is 0 Å². The zero-order valence-electron chi connectivity index (χ0n) is 12.1. The predicted molar refractivity (Wildman–Crippen MR) is 75.0 cm³/mol. The van der Waals surface area contributed by atoms with Crippen molar-refractivity contribution in [2.45, 2.75) is 26.7 Å². The van der Waals surface area contributed by atoms with Gasteiger partial charge in [-0.1, -0.05) is 13.3 Å². The summed E-state index contributed by atoms with van der Waals surface area (Å²) in [6.07, 6.45) is 3.25. The Morgan fingerprint density at radius 1 is 1.40 bits per heavy atom. The fraction of sp³-hybridized carbons (Fsp3) is 0.643. The molecule has 6 heteroatoms. The topological polar surface area (TPSA) is 64.5 Å². The number of carbonyl (C=O) groups is 1. The van der Waals surface area contributed by atoms with Gasteiger partial charge in [0.25, 0.3) is 0 Å². The van der Waals surface area contributed by atoms with Crippen LogP contribution in [0.25, 0.3) is 0 Å². The van der Waals surface area contributed by atoms with Crippen molar-refractivity contribution < 1.29 is 14.3 Å². The van der Waals surface area contributed by atoms with Crippen LogP contribution in [0.2, 0.25) is 0 Å². The van der Waals surface area contributed by atoms with E-state index in [1.165, 1.54) is 0 Å². The molecule has 1 saturated heterocycles. The summed E-state index contributed by atoms with van der Waals surface area (Å²) >= 11 is 0. The summed E-state index contributed by atoms with van der Waals surface area (Å²) in [6.45, 7) is 7.15. The van der Waals surface area contributed by atoms with Gasteiger partial charge >= 0.3 is 5.97 Å². The lowest BCUT2D eigenvalue weighted by atomic mass is 10.1. The number of carbonyl (C=O) groups excluding carboxylic acids is 1. The van der Waals surface area contributed by atoms with Gasteiger partial charge in [-0.05, 0) is 13.3 Å². The van der Waals surface area contributed by atoms with E-state index in [1.54, 1.807) is 13.1 Å². The SMILES string of the molecule is CCCc1nc(N2CCOCC2)ncc1C(=O)OCC. The van der Waals surface area contributed by atoms with Gasteiger partial charge in [0, 0.05) is 19.3 Å². The Morgan fingerprint density at radius 2 is 2.15 bits per heavy atom. The average Bonchev–Trinajstić information content (AvgIpc) is 2.48. The smallest absolute Gasteiger partial charge is 0.341 e.